The van der Waals surface area contributed by atoms with Crippen LogP contribution in [0, 0.1) is 10.1 Å². The van der Waals surface area contributed by atoms with Crippen LogP contribution in [0.15, 0.2) is 36.4 Å². The first-order valence-electron chi connectivity index (χ1n) is 9.23. The molecule has 1 aromatic carbocycles. The highest BCUT2D eigenvalue weighted by molar-refractivity contribution is 7.17. The number of halogens is 1. The lowest BCUT2D eigenvalue weighted by Crippen LogP contribution is -2.55. The fraction of sp³-hybridized carbons (Fsp3) is 0.350. The van der Waals surface area contributed by atoms with E-state index in [1.807, 2.05) is 0 Å². The average Bonchev–Trinajstić information content (AvgIpc) is 3.23. The maximum atomic E-state index is 13.0. The highest BCUT2D eigenvalue weighted by atomic mass is 35.5. The van der Waals surface area contributed by atoms with Crippen LogP contribution in [0.2, 0.25) is 5.02 Å². The molecule has 158 valence electrons. The summed E-state index contributed by atoms with van der Waals surface area (Å²) >= 11 is 7.03. The Kier molecular flexibility index (Phi) is 6.52. The van der Waals surface area contributed by atoms with Crippen molar-refractivity contribution in [1.82, 2.24) is 4.90 Å². The normalized spacial score (nSPS) is 18.7. The van der Waals surface area contributed by atoms with Gasteiger partial charge in [0.15, 0.2) is 12.4 Å². The summed E-state index contributed by atoms with van der Waals surface area (Å²) in [5, 5.41) is 10.9. The van der Waals surface area contributed by atoms with Crippen molar-refractivity contribution in [3.8, 4) is 0 Å². The van der Waals surface area contributed by atoms with E-state index >= 15 is 0 Å². The van der Waals surface area contributed by atoms with Crippen molar-refractivity contribution in [2.45, 2.75) is 31.2 Å². The maximum Gasteiger partial charge on any atom is 0.349 e. The van der Waals surface area contributed by atoms with Gasteiger partial charge in [0, 0.05) is 30.1 Å². The van der Waals surface area contributed by atoms with Crippen molar-refractivity contribution in [3.05, 3.63) is 62.0 Å². The van der Waals surface area contributed by atoms with Crippen molar-refractivity contribution >= 4 is 45.6 Å². The van der Waals surface area contributed by atoms with E-state index in [4.69, 9.17) is 16.3 Å². The molecule has 3 rings (SSSR count). The van der Waals surface area contributed by atoms with E-state index in [1.165, 1.54) is 24.1 Å². The molecule has 1 heterocycles. The van der Waals surface area contributed by atoms with Gasteiger partial charge in [-0.1, -0.05) is 41.1 Å². The SMILES string of the molecule is CN(C(=O)COC(=O)c1ccc([N+](=O)[O-])s1)[C@]1(c2ccccc2Cl)CCCCC1=O. The molecule has 2 aromatic rings. The average molecular weight is 451 g/mol. The lowest BCUT2D eigenvalue weighted by molar-refractivity contribution is -0.380. The first-order chi connectivity index (χ1) is 14.3. The number of carbonyl (C=O) groups is 3. The molecule has 1 fully saturated rings. The first-order valence-corrected chi connectivity index (χ1v) is 10.4. The van der Waals surface area contributed by atoms with Crippen LogP contribution in [0.5, 0.6) is 0 Å². The molecule has 1 atom stereocenters. The number of nitro groups is 1. The van der Waals surface area contributed by atoms with E-state index in [9.17, 15) is 24.5 Å². The molecule has 0 radical (unpaired) electrons. The number of nitrogens with zero attached hydrogens (tertiary/aromatic N) is 2. The summed E-state index contributed by atoms with van der Waals surface area (Å²) < 4.78 is 5.05. The molecule has 1 aliphatic rings. The minimum Gasteiger partial charge on any atom is -0.451 e. The third kappa shape index (κ3) is 4.08. The number of thiophene rings is 1. The zero-order valence-corrected chi connectivity index (χ0v) is 17.7. The minimum absolute atomic E-state index is 0.0201. The Morgan fingerprint density at radius 1 is 1.27 bits per heavy atom. The third-order valence-electron chi connectivity index (χ3n) is 5.22. The van der Waals surface area contributed by atoms with Crippen LogP contribution in [0.4, 0.5) is 5.00 Å². The molecule has 1 amide bonds. The van der Waals surface area contributed by atoms with E-state index in [0.717, 1.165) is 12.8 Å². The predicted molar refractivity (Wildman–Crippen MR) is 111 cm³/mol. The van der Waals surface area contributed by atoms with Gasteiger partial charge in [0.25, 0.3) is 5.91 Å². The van der Waals surface area contributed by atoms with E-state index in [1.54, 1.807) is 24.3 Å². The quantitative estimate of drug-likeness (QED) is 0.374. The Labute approximate surface area is 181 Å². The Morgan fingerprint density at radius 3 is 2.63 bits per heavy atom. The Bertz CT molecular complexity index is 1010. The molecule has 0 N–H and O–H groups in total. The van der Waals surface area contributed by atoms with Crippen molar-refractivity contribution in [2.24, 2.45) is 0 Å². The van der Waals surface area contributed by atoms with Gasteiger partial charge >= 0.3 is 11.0 Å². The van der Waals surface area contributed by atoms with Crippen LogP contribution < -0.4 is 0 Å². The topological polar surface area (TPSA) is 107 Å². The van der Waals surface area contributed by atoms with Gasteiger partial charge in [-0.25, -0.2) is 4.79 Å². The van der Waals surface area contributed by atoms with E-state index in [2.05, 4.69) is 0 Å². The number of ether oxygens (including phenoxy) is 1. The van der Waals surface area contributed by atoms with Gasteiger partial charge in [-0.2, -0.15) is 0 Å². The summed E-state index contributed by atoms with van der Waals surface area (Å²) in [5.74, 6) is -1.51. The summed E-state index contributed by atoms with van der Waals surface area (Å²) in [6, 6.07) is 9.37. The van der Waals surface area contributed by atoms with Crippen LogP contribution in [0.1, 0.15) is 40.9 Å². The summed E-state index contributed by atoms with van der Waals surface area (Å²) in [7, 11) is 1.50. The second kappa shape index (κ2) is 8.93. The van der Waals surface area contributed by atoms with Gasteiger partial charge in [-0.3, -0.25) is 19.7 Å². The zero-order chi connectivity index (χ0) is 21.9. The van der Waals surface area contributed by atoms with Crippen molar-refractivity contribution in [3.63, 3.8) is 0 Å². The summed E-state index contributed by atoms with van der Waals surface area (Å²) in [6.45, 7) is -0.597. The van der Waals surface area contributed by atoms with Crippen LogP contribution in [-0.4, -0.2) is 41.1 Å². The van der Waals surface area contributed by atoms with E-state index in [0.29, 0.717) is 34.8 Å². The molecule has 0 spiro atoms. The predicted octanol–water partition coefficient (Wildman–Crippen LogP) is 3.96. The standard InChI is InChI=1S/C20H19ClN2O6S/c1-22(17(25)12-29-19(26)15-9-10-18(30-15)23(27)28)20(11-5-4-8-16(20)24)13-6-2-3-7-14(13)21/h2-3,6-7,9-10H,4-5,8,11-12H2,1H3/t20-/m0/s1. The largest absolute Gasteiger partial charge is 0.451 e. The highest BCUT2D eigenvalue weighted by Gasteiger charge is 2.48. The van der Waals surface area contributed by atoms with Gasteiger partial charge in [0.1, 0.15) is 10.4 Å². The number of likely N-dealkylation sites (N-methyl/N-ethyl adjacent to an activating group) is 1. The van der Waals surface area contributed by atoms with Gasteiger partial charge in [0.05, 0.1) is 4.92 Å². The second-order valence-electron chi connectivity index (χ2n) is 6.89. The number of carbonyl (C=O) groups excluding carboxylic acids is 3. The minimum atomic E-state index is -1.22. The van der Waals surface area contributed by atoms with Gasteiger partial charge < -0.3 is 9.64 Å². The molecule has 1 aliphatic carbocycles. The second-order valence-corrected chi connectivity index (χ2v) is 8.36. The molecular formula is C20H19ClN2O6S. The smallest absolute Gasteiger partial charge is 0.349 e. The van der Waals surface area contributed by atoms with E-state index in [-0.39, 0.29) is 15.7 Å². The first kappa shape index (κ1) is 21.9. The molecular weight excluding hydrogens is 432 g/mol. The van der Waals surface area contributed by atoms with Crippen molar-refractivity contribution in [1.29, 1.82) is 0 Å². The number of benzene rings is 1. The molecule has 0 unspecified atom stereocenters. The monoisotopic (exact) mass is 450 g/mol. The van der Waals surface area contributed by atoms with Gasteiger partial charge in [0.2, 0.25) is 0 Å². The van der Waals surface area contributed by atoms with Crippen LogP contribution >= 0.6 is 22.9 Å². The van der Waals surface area contributed by atoms with E-state index < -0.39 is 28.9 Å². The summed E-state index contributed by atoms with van der Waals surface area (Å²) in [6.07, 6.45) is 2.22. The number of hydrogen-bond acceptors (Lipinski definition) is 7. The molecule has 10 heteroatoms. The molecule has 0 aliphatic heterocycles. The zero-order valence-electron chi connectivity index (χ0n) is 16.1. The maximum absolute atomic E-state index is 13.0. The lowest BCUT2D eigenvalue weighted by Gasteiger charge is -2.43. The van der Waals surface area contributed by atoms with Crippen molar-refractivity contribution < 1.29 is 24.0 Å². The lowest BCUT2D eigenvalue weighted by atomic mass is 9.74. The Hall–Kier alpha value is -2.78. The molecule has 8 nitrogen and oxygen atoms in total. The number of rotatable bonds is 6. The summed E-state index contributed by atoms with van der Waals surface area (Å²) in [5.41, 5.74) is -0.672. The third-order valence-corrected chi connectivity index (χ3v) is 6.57. The van der Waals surface area contributed by atoms with Crippen LogP contribution in [-0.2, 0) is 19.9 Å². The van der Waals surface area contributed by atoms with Crippen molar-refractivity contribution in [2.75, 3.05) is 13.7 Å². The number of Topliss-reactive ketones (excluding diaryl/α,β-unsaturated/α-hetero) is 1. The summed E-state index contributed by atoms with van der Waals surface area (Å²) in [4.78, 5) is 49.5. The molecule has 30 heavy (non-hydrogen) atoms. The van der Waals surface area contributed by atoms with Gasteiger partial charge in [-0.05, 0) is 31.4 Å². The number of hydrogen-bond donors (Lipinski definition) is 0. The molecule has 1 aromatic heterocycles. The fourth-order valence-corrected chi connectivity index (χ4v) is 4.68. The molecule has 0 saturated heterocycles. The Balaban J connectivity index is 1.79. The highest BCUT2D eigenvalue weighted by Crippen LogP contribution is 2.42. The number of ketones is 1. The Morgan fingerprint density at radius 2 is 2.00 bits per heavy atom. The number of amides is 1. The number of esters is 1. The van der Waals surface area contributed by atoms with Crippen LogP contribution in [0.25, 0.3) is 0 Å². The molecule has 0 bridgehead atoms. The fourth-order valence-electron chi connectivity index (χ4n) is 3.67. The molecule has 1 saturated carbocycles. The van der Waals surface area contributed by atoms with Gasteiger partial charge in [-0.15, -0.1) is 0 Å². The van der Waals surface area contributed by atoms with Crippen LogP contribution in [0.3, 0.4) is 0 Å².